The highest BCUT2D eigenvalue weighted by atomic mass is 32.1. The Balaban J connectivity index is 0.000000644. The minimum Gasteiger partial charge on any atom is -0.482 e. The number of halogens is 3. The summed E-state index contributed by atoms with van der Waals surface area (Å²) in [6.07, 6.45) is -5.06. The van der Waals surface area contributed by atoms with Crippen LogP contribution in [0.1, 0.15) is 51.2 Å². The maximum atomic E-state index is 12.3. The van der Waals surface area contributed by atoms with Gasteiger partial charge in [0, 0.05) is 16.0 Å². The number of hydrogen-bond acceptors (Lipinski definition) is 10. The molecule has 5 rings (SSSR count). The number of thiophene rings is 1. The predicted octanol–water partition coefficient (Wildman–Crippen LogP) is 5.34. The van der Waals surface area contributed by atoms with Gasteiger partial charge in [0.1, 0.15) is 22.6 Å². The number of rotatable bonds is 7. The number of methoxy groups -OCH3 is 1. The Morgan fingerprint density at radius 2 is 1.68 bits per heavy atom. The number of carboxylic acid groups (broad SMARTS) is 2. The summed E-state index contributed by atoms with van der Waals surface area (Å²) >= 11 is 1.63. The number of carbonyl (C=O) groups excluding carboxylic acids is 1. The summed E-state index contributed by atoms with van der Waals surface area (Å²) in [7, 11) is 1.35. The van der Waals surface area contributed by atoms with E-state index >= 15 is 0 Å². The van der Waals surface area contributed by atoms with Crippen molar-refractivity contribution in [3.63, 3.8) is 0 Å². The molecule has 0 bridgehead atoms. The Hall–Kier alpha value is -5.56. The number of hydrogen-bond donors (Lipinski definition) is 2. The minimum absolute atomic E-state index is 0.0189. The third-order valence-corrected chi connectivity index (χ3v) is 8.21. The number of aryl methyl sites for hydroxylation is 2. The molecule has 0 unspecified atom stereocenters. The first-order valence-corrected chi connectivity index (χ1v) is 14.4. The number of fused-ring (bicyclic) bond motifs is 3. The SMILES string of the molecule is COC(=O)C[C@@H]1N=C(c2ccc(-c3ccc(OCC(=O)O)cc3C#N)cc2)c2c(sc(C)c2C)-n2c(C)nnc21.O=C(O)C(F)(F)F. The summed E-state index contributed by atoms with van der Waals surface area (Å²) in [6.45, 7) is 5.51. The van der Waals surface area contributed by atoms with Crippen molar-refractivity contribution in [2.24, 2.45) is 4.99 Å². The topological polar surface area (TPSA) is 177 Å². The fourth-order valence-electron chi connectivity index (χ4n) is 4.68. The van der Waals surface area contributed by atoms with Gasteiger partial charge in [0.05, 0.1) is 30.9 Å². The van der Waals surface area contributed by atoms with E-state index in [4.69, 9.17) is 29.5 Å². The number of carbonyl (C=O) groups is 3. The molecular weight excluding hydrogens is 643 g/mol. The van der Waals surface area contributed by atoms with Gasteiger partial charge >= 0.3 is 24.1 Å². The van der Waals surface area contributed by atoms with Crippen molar-refractivity contribution in [1.82, 2.24) is 14.8 Å². The van der Waals surface area contributed by atoms with E-state index in [1.54, 1.807) is 23.5 Å². The normalized spacial score (nSPS) is 13.5. The number of ether oxygens (including phenoxy) is 2. The second kappa shape index (κ2) is 13.8. The van der Waals surface area contributed by atoms with Crippen LogP contribution in [0, 0.1) is 32.1 Å². The molecule has 0 fully saturated rings. The zero-order valence-corrected chi connectivity index (χ0v) is 26.1. The lowest BCUT2D eigenvalue weighted by atomic mass is 9.95. The van der Waals surface area contributed by atoms with Crippen LogP contribution < -0.4 is 4.74 Å². The Morgan fingerprint density at radius 1 is 1.04 bits per heavy atom. The number of alkyl halides is 3. The summed E-state index contributed by atoms with van der Waals surface area (Å²) in [5.74, 6) is -2.65. The smallest absolute Gasteiger partial charge is 0.482 e. The van der Waals surface area contributed by atoms with E-state index in [2.05, 4.69) is 30.1 Å². The number of nitrogens with zero attached hydrogens (tertiary/aromatic N) is 5. The largest absolute Gasteiger partial charge is 0.490 e. The van der Waals surface area contributed by atoms with Gasteiger partial charge in [0.25, 0.3) is 0 Å². The van der Waals surface area contributed by atoms with E-state index in [0.29, 0.717) is 28.5 Å². The number of aliphatic carboxylic acids is 2. The van der Waals surface area contributed by atoms with E-state index in [1.165, 1.54) is 13.2 Å². The van der Waals surface area contributed by atoms with Gasteiger partial charge in [-0.05, 0) is 55.7 Å². The molecule has 0 saturated heterocycles. The molecule has 3 heterocycles. The number of carboxylic acids is 2. The third-order valence-electron chi connectivity index (χ3n) is 7.01. The van der Waals surface area contributed by atoms with Gasteiger partial charge in [-0.25, -0.2) is 9.59 Å². The molecule has 47 heavy (non-hydrogen) atoms. The summed E-state index contributed by atoms with van der Waals surface area (Å²) in [5.41, 5.74) is 5.48. The number of esters is 1. The van der Waals surface area contributed by atoms with Gasteiger partial charge in [-0.1, -0.05) is 24.3 Å². The number of nitriles is 1. The van der Waals surface area contributed by atoms with E-state index in [0.717, 1.165) is 37.8 Å². The summed E-state index contributed by atoms with van der Waals surface area (Å²) in [6, 6.07) is 14.2. The average Bonchev–Trinajstić information content (AvgIpc) is 3.51. The Bertz CT molecular complexity index is 1920. The molecule has 0 aliphatic carbocycles. The first kappa shape index (κ1) is 34.3. The molecule has 0 saturated carbocycles. The molecule has 1 aliphatic heterocycles. The van der Waals surface area contributed by atoms with Crippen LogP contribution in [0.4, 0.5) is 13.2 Å². The van der Waals surface area contributed by atoms with Crippen molar-refractivity contribution < 1.29 is 47.2 Å². The second-order valence-corrected chi connectivity index (χ2v) is 11.3. The fourth-order valence-corrected chi connectivity index (χ4v) is 5.89. The highest BCUT2D eigenvalue weighted by molar-refractivity contribution is 7.15. The lowest BCUT2D eigenvalue weighted by molar-refractivity contribution is -0.192. The van der Waals surface area contributed by atoms with Crippen molar-refractivity contribution in [1.29, 1.82) is 5.26 Å². The number of benzene rings is 2. The molecular formula is C31H26F3N5O7S. The molecule has 0 radical (unpaired) electrons. The summed E-state index contributed by atoms with van der Waals surface area (Å²) in [5, 5.41) is 35.3. The monoisotopic (exact) mass is 669 g/mol. The van der Waals surface area contributed by atoms with Gasteiger partial charge < -0.3 is 19.7 Å². The van der Waals surface area contributed by atoms with Crippen LogP contribution in [0.5, 0.6) is 5.75 Å². The molecule has 0 spiro atoms. The quantitative estimate of drug-likeness (QED) is 0.244. The molecule has 2 aromatic heterocycles. The summed E-state index contributed by atoms with van der Waals surface area (Å²) in [4.78, 5) is 38.3. The van der Waals surface area contributed by atoms with Crippen LogP contribution in [-0.4, -0.2) is 68.5 Å². The minimum atomic E-state index is -5.08. The molecule has 2 N–H and O–H groups in total. The molecule has 1 atom stereocenters. The second-order valence-electron chi connectivity index (χ2n) is 10.1. The Kier molecular flexibility index (Phi) is 10.1. The first-order valence-electron chi connectivity index (χ1n) is 13.6. The molecule has 244 valence electrons. The average molecular weight is 670 g/mol. The maximum Gasteiger partial charge on any atom is 0.490 e. The fraction of sp³-hybridized carbons (Fsp3) is 0.258. The van der Waals surface area contributed by atoms with Gasteiger partial charge in [-0.15, -0.1) is 21.5 Å². The summed E-state index contributed by atoms with van der Waals surface area (Å²) < 4.78 is 43.9. The van der Waals surface area contributed by atoms with E-state index in [1.807, 2.05) is 35.8 Å². The van der Waals surface area contributed by atoms with Gasteiger partial charge in [-0.3, -0.25) is 14.4 Å². The lowest BCUT2D eigenvalue weighted by Gasteiger charge is -2.12. The first-order chi connectivity index (χ1) is 22.2. The van der Waals surface area contributed by atoms with Crippen molar-refractivity contribution in [3.05, 3.63) is 81.2 Å². The van der Waals surface area contributed by atoms with Gasteiger partial charge in [0.2, 0.25) is 0 Å². The van der Waals surface area contributed by atoms with Crippen LogP contribution in [-0.2, 0) is 19.1 Å². The van der Waals surface area contributed by atoms with E-state index in [-0.39, 0.29) is 6.42 Å². The zero-order chi connectivity index (χ0) is 34.6. The molecule has 12 nitrogen and oxygen atoms in total. The molecule has 16 heteroatoms. The van der Waals surface area contributed by atoms with Crippen molar-refractivity contribution in [2.75, 3.05) is 13.7 Å². The maximum absolute atomic E-state index is 12.3. The Labute approximate surface area is 269 Å². The molecule has 2 aromatic carbocycles. The van der Waals surface area contributed by atoms with Crippen molar-refractivity contribution in [3.8, 4) is 27.9 Å². The number of aliphatic imine (C=N–C) groups is 1. The lowest BCUT2D eigenvalue weighted by Crippen LogP contribution is -2.21. The zero-order valence-electron chi connectivity index (χ0n) is 25.2. The van der Waals surface area contributed by atoms with Crippen LogP contribution in [0.15, 0.2) is 47.5 Å². The van der Waals surface area contributed by atoms with Crippen LogP contribution >= 0.6 is 11.3 Å². The standard InChI is InChI=1S/C29H25N5O5S.C2HF3O2/c1-15-16(2)40-29-26(15)27(31-23(12-25(37)38-4)28-33-32-17(3)34(28)29)19-7-5-18(6-8-19)22-10-9-21(11-20(22)13-30)39-14-24(35)36;3-2(4,5)1(6)7/h5-11,23H,12,14H2,1-4H3,(H,35,36);(H,6,7)/t23-;/m0./s1. The number of aromatic nitrogens is 3. The van der Waals surface area contributed by atoms with Crippen LogP contribution in [0.25, 0.3) is 16.1 Å². The molecule has 0 amide bonds. The highest BCUT2D eigenvalue weighted by Crippen LogP contribution is 2.40. The molecule has 1 aliphatic rings. The van der Waals surface area contributed by atoms with Crippen molar-refractivity contribution >= 4 is 35.0 Å². The highest BCUT2D eigenvalue weighted by Gasteiger charge is 2.38. The van der Waals surface area contributed by atoms with Gasteiger partial charge in [-0.2, -0.15) is 18.4 Å². The molecule has 4 aromatic rings. The van der Waals surface area contributed by atoms with Crippen molar-refractivity contribution in [2.45, 2.75) is 39.4 Å². The van der Waals surface area contributed by atoms with E-state index < -0.39 is 36.7 Å². The third kappa shape index (κ3) is 7.47. The van der Waals surface area contributed by atoms with Crippen LogP contribution in [0.3, 0.4) is 0 Å². The van der Waals surface area contributed by atoms with E-state index in [9.17, 15) is 28.0 Å². The van der Waals surface area contributed by atoms with Crippen LogP contribution in [0.2, 0.25) is 0 Å². The Morgan fingerprint density at radius 3 is 2.26 bits per heavy atom. The predicted molar refractivity (Wildman–Crippen MR) is 162 cm³/mol. The van der Waals surface area contributed by atoms with Gasteiger partial charge in [0.15, 0.2) is 12.4 Å².